The second-order valence-corrected chi connectivity index (χ2v) is 7.95. The van der Waals surface area contributed by atoms with E-state index in [4.69, 9.17) is 4.74 Å². The van der Waals surface area contributed by atoms with Crippen molar-refractivity contribution in [3.8, 4) is 5.75 Å². The summed E-state index contributed by atoms with van der Waals surface area (Å²) in [5.74, 6) is -2.31. The number of nitrogens with zero attached hydrogens (tertiary/aromatic N) is 1. The molecule has 0 fully saturated rings. The number of fused-ring (bicyclic) bond motifs is 2. The molecule has 34 heavy (non-hydrogen) atoms. The third-order valence-corrected chi connectivity index (χ3v) is 5.87. The summed E-state index contributed by atoms with van der Waals surface area (Å²) in [7, 11) is 0. The number of benzene rings is 3. The van der Waals surface area contributed by atoms with Gasteiger partial charge >= 0.3 is 5.97 Å². The van der Waals surface area contributed by atoms with Crippen LogP contribution in [0.3, 0.4) is 0 Å². The lowest BCUT2D eigenvalue weighted by atomic mass is 10.1. The number of ketones is 2. The SMILES string of the molecule is C[C@H](C(=O)Oc1ccc(C=C2C(=O)c3ccccc3C2=O)cc1)N1C(=O)c2ccccc2C1=O. The van der Waals surface area contributed by atoms with Gasteiger partial charge in [0.1, 0.15) is 11.8 Å². The zero-order valence-electron chi connectivity index (χ0n) is 18.0. The van der Waals surface area contributed by atoms with Crippen molar-refractivity contribution in [1.29, 1.82) is 0 Å². The summed E-state index contributed by atoms with van der Waals surface area (Å²) in [6, 6.07) is 18.1. The molecule has 0 aromatic heterocycles. The number of amides is 2. The summed E-state index contributed by atoms with van der Waals surface area (Å²) in [4.78, 5) is 63.8. The summed E-state index contributed by atoms with van der Waals surface area (Å²) in [5, 5.41) is 0. The van der Waals surface area contributed by atoms with Crippen LogP contribution in [0.15, 0.2) is 78.4 Å². The summed E-state index contributed by atoms with van der Waals surface area (Å²) < 4.78 is 5.36. The molecule has 1 atom stereocenters. The number of rotatable bonds is 4. The maximum absolute atomic E-state index is 12.6. The molecule has 166 valence electrons. The maximum atomic E-state index is 12.6. The van der Waals surface area contributed by atoms with E-state index in [1.54, 1.807) is 60.7 Å². The zero-order valence-corrected chi connectivity index (χ0v) is 18.0. The summed E-state index contributed by atoms with van der Waals surface area (Å²) >= 11 is 0. The third kappa shape index (κ3) is 3.34. The monoisotopic (exact) mass is 451 g/mol. The lowest BCUT2D eigenvalue weighted by Gasteiger charge is -2.20. The van der Waals surface area contributed by atoms with Crippen molar-refractivity contribution in [3.05, 3.63) is 106 Å². The molecule has 0 N–H and O–H groups in total. The van der Waals surface area contributed by atoms with Crippen molar-refractivity contribution in [2.75, 3.05) is 0 Å². The van der Waals surface area contributed by atoms with Crippen LogP contribution in [0.5, 0.6) is 5.75 Å². The fourth-order valence-electron chi connectivity index (χ4n) is 4.07. The Labute approximate surface area is 194 Å². The maximum Gasteiger partial charge on any atom is 0.334 e. The van der Waals surface area contributed by atoms with Gasteiger partial charge in [-0.15, -0.1) is 0 Å². The minimum atomic E-state index is -1.12. The van der Waals surface area contributed by atoms with Gasteiger partial charge < -0.3 is 4.74 Å². The van der Waals surface area contributed by atoms with Crippen molar-refractivity contribution in [1.82, 2.24) is 4.90 Å². The Morgan fingerprint density at radius 1 is 0.735 bits per heavy atom. The molecule has 3 aromatic carbocycles. The highest BCUT2D eigenvalue weighted by molar-refractivity contribution is 6.41. The molecule has 2 aliphatic rings. The van der Waals surface area contributed by atoms with Crippen LogP contribution in [-0.2, 0) is 4.79 Å². The number of carbonyl (C=O) groups excluding carboxylic acids is 5. The second kappa shape index (κ2) is 8.04. The van der Waals surface area contributed by atoms with Gasteiger partial charge in [-0.05, 0) is 42.8 Å². The molecule has 2 amide bonds. The van der Waals surface area contributed by atoms with Crippen LogP contribution in [-0.4, -0.2) is 40.3 Å². The molecule has 3 aromatic rings. The van der Waals surface area contributed by atoms with E-state index in [9.17, 15) is 24.0 Å². The van der Waals surface area contributed by atoms with E-state index in [0.717, 1.165) is 4.90 Å². The van der Waals surface area contributed by atoms with E-state index < -0.39 is 23.8 Å². The normalized spacial score (nSPS) is 15.3. The van der Waals surface area contributed by atoms with Crippen molar-refractivity contribution in [2.24, 2.45) is 0 Å². The molecule has 0 bridgehead atoms. The Kier molecular flexibility index (Phi) is 5.02. The molecule has 7 nitrogen and oxygen atoms in total. The average molecular weight is 451 g/mol. The number of allylic oxidation sites excluding steroid dienone is 1. The third-order valence-electron chi connectivity index (χ3n) is 5.87. The molecule has 0 spiro atoms. The Bertz CT molecular complexity index is 1360. The Morgan fingerprint density at radius 3 is 1.71 bits per heavy atom. The first-order valence-electron chi connectivity index (χ1n) is 10.6. The van der Waals surface area contributed by atoms with E-state index in [1.807, 2.05) is 0 Å². The van der Waals surface area contributed by atoms with Crippen molar-refractivity contribution >= 4 is 35.4 Å². The molecule has 0 saturated heterocycles. The predicted molar refractivity (Wildman–Crippen MR) is 122 cm³/mol. The predicted octanol–water partition coefficient (Wildman–Crippen LogP) is 3.74. The summed E-state index contributed by atoms with van der Waals surface area (Å²) in [5.41, 5.74) is 1.92. The molecule has 0 unspecified atom stereocenters. The number of esters is 1. The second-order valence-electron chi connectivity index (χ2n) is 7.95. The highest BCUT2D eigenvalue weighted by atomic mass is 16.5. The number of ether oxygens (including phenoxy) is 1. The molecule has 0 saturated carbocycles. The van der Waals surface area contributed by atoms with Gasteiger partial charge in [-0.25, -0.2) is 4.79 Å². The van der Waals surface area contributed by atoms with Gasteiger partial charge in [-0.2, -0.15) is 0 Å². The van der Waals surface area contributed by atoms with Gasteiger partial charge in [0.15, 0.2) is 11.6 Å². The largest absolute Gasteiger partial charge is 0.425 e. The standard InChI is InChI=1S/C27H17NO6/c1-15(28-25(31)20-8-4-5-9-21(20)26(28)32)27(33)34-17-12-10-16(11-13-17)14-22-23(29)18-6-2-3-7-19(18)24(22)30/h2-15H,1H3/t15-/m1/s1. The van der Waals surface area contributed by atoms with Crippen LogP contribution in [0.2, 0.25) is 0 Å². The van der Waals surface area contributed by atoms with Crippen molar-refractivity contribution in [2.45, 2.75) is 13.0 Å². The average Bonchev–Trinajstić information content (AvgIpc) is 3.25. The summed E-state index contributed by atoms with van der Waals surface area (Å²) in [6.07, 6.45) is 1.50. The van der Waals surface area contributed by atoms with Crippen LogP contribution in [0.4, 0.5) is 0 Å². The topological polar surface area (TPSA) is 97.8 Å². The van der Waals surface area contributed by atoms with E-state index in [2.05, 4.69) is 0 Å². The van der Waals surface area contributed by atoms with Gasteiger partial charge in [0, 0.05) is 11.1 Å². The van der Waals surface area contributed by atoms with E-state index in [1.165, 1.54) is 25.1 Å². The minimum absolute atomic E-state index is 0.0743. The van der Waals surface area contributed by atoms with Gasteiger partial charge in [-0.1, -0.05) is 48.5 Å². The summed E-state index contributed by atoms with van der Waals surface area (Å²) in [6.45, 7) is 1.43. The molecule has 0 radical (unpaired) electrons. The highest BCUT2D eigenvalue weighted by Gasteiger charge is 2.41. The van der Waals surface area contributed by atoms with Crippen LogP contribution in [0.25, 0.3) is 6.08 Å². The van der Waals surface area contributed by atoms with E-state index in [-0.39, 0.29) is 34.0 Å². The smallest absolute Gasteiger partial charge is 0.334 e. The fourth-order valence-corrected chi connectivity index (χ4v) is 4.07. The minimum Gasteiger partial charge on any atom is -0.425 e. The first-order chi connectivity index (χ1) is 16.4. The molecular formula is C27H17NO6. The number of hydrogen-bond donors (Lipinski definition) is 0. The van der Waals surface area contributed by atoms with Gasteiger partial charge in [0.2, 0.25) is 0 Å². The molecular weight excluding hydrogens is 434 g/mol. The molecule has 5 rings (SSSR count). The van der Waals surface area contributed by atoms with Crippen LogP contribution in [0.1, 0.15) is 53.9 Å². The quantitative estimate of drug-likeness (QED) is 0.197. The van der Waals surface area contributed by atoms with Gasteiger partial charge in [0.05, 0.1) is 16.7 Å². The van der Waals surface area contributed by atoms with Crippen molar-refractivity contribution in [3.63, 3.8) is 0 Å². The molecule has 1 heterocycles. The zero-order chi connectivity index (χ0) is 24.0. The van der Waals surface area contributed by atoms with E-state index >= 15 is 0 Å². The van der Waals surface area contributed by atoms with Gasteiger partial charge in [0.25, 0.3) is 11.8 Å². The lowest BCUT2D eigenvalue weighted by molar-refractivity contribution is -0.138. The number of imide groups is 1. The number of hydrogen-bond acceptors (Lipinski definition) is 6. The van der Waals surface area contributed by atoms with Crippen LogP contribution >= 0.6 is 0 Å². The molecule has 1 aliphatic carbocycles. The van der Waals surface area contributed by atoms with Crippen LogP contribution in [0, 0.1) is 0 Å². The fraction of sp³-hybridized carbons (Fsp3) is 0.0741. The first kappa shape index (κ1) is 21.2. The van der Waals surface area contributed by atoms with E-state index in [0.29, 0.717) is 16.7 Å². The van der Waals surface area contributed by atoms with Crippen LogP contribution < -0.4 is 4.74 Å². The highest BCUT2D eigenvalue weighted by Crippen LogP contribution is 2.28. The Balaban J connectivity index is 1.30. The Hall–Kier alpha value is -4.65. The lowest BCUT2D eigenvalue weighted by Crippen LogP contribution is -2.44. The Morgan fingerprint density at radius 2 is 1.21 bits per heavy atom. The number of carbonyl (C=O) groups is 5. The number of Topliss-reactive ketones (excluding diaryl/α,β-unsaturated/α-hetero) is 2. The van der Waals surface area contributed by atoms with Crippen molar-refractivity contribution < 1.29 is 28.7 Å². The first-order valence-corrected chi connectivity index (χ1v) is 10.6. The molecule has 1 aliphatic heterocycles. The molecule has 7 heteroatoms. The van der Waals surface area contributed by atoms with Gasteiger partial charge in [-0.3, -0.25) is 24.1 Å².